The first-order valence-corrected chi connectivity index (χ1v) is 10.7. The molecule has 1 saturated carbocycles. The molecular formula is C23H24O9. The lowest BCUT2D eigenvalue weighted by atomic mass is 9.47. The fourth-order valence-electron chi connectivity index (χ4n) is 6.25. The number of aromatic hydroxyl groups is 1. The molecule has 4 aliphatic rings. The zero-order chi connectivity index (χ0) is 22.8. The summed E-state index contributed by atoms with van der Waals surface area (Å²) in [4.78, 5) is 35.2. The van der Waals surface area contributed by atoms with E-state index in [1.54, 1.807) is 12.1 Å². The summed E-state index contributed by atoms with van der Waals surface area (Å²) in [6.07, 6.45) is 1.58. The zero-order valence-electron chi connectivity index (χ0n) is 17.5. The van der Waals surface area contributed by atoms with Crippen LogP contribution in [0.4, 0.5) is 0 Å². The van der Waals surface area contributed by atoms with Crippen LogP contribution in [0.2, 0.25) is 0 Å². The molecule has 5 rings (SSSR count). The second kappa shape index (κ2) is 6.96. The highest BCUT2D eigenvalue weighted by atomic mass is 16.6. The molecule has 0 aromatic heterocycles. The predicted molar refractivity (Wildman–Crippen MR) is 107 cm³/mol. The van der Waals surface area contributed by atoms with Crippen LogP contribution in [0.1, 0.15) is 50.2 Å². The first-order chi connectivity index (χ1) is 15.2. The lowest BCUT2D eigenvalue weighted by Crippen LogP contribution is -2.67. The Labute approximate surface area is 183 Å². The van der Waals surface area contributed by atoms with E-state index in [2.05, 4.69) is 0 Å². The number of benzene rings is 1. The van der Waals surface area contributed by atoms with E-state index in [0.717, 1.165) is 30.9 Å². The number of aliphatic hydroxyl groups is 1. The average molecular weight is 444 g/mol. The smallest absolute Gasteiger partial charge is 0.353 e. The quantitative estimate of drug-likeness (QED) is 0.579. The second-order valence-electron chi connectivity index (χ2n) is 9.06. The third-order valence-corrected chi connectivity index (χ3v) is 7.41. The van der Waals surface area contributed by atoms with Gasteiger partial charge in [-0.05, 0) is 49.3 Å². The van der Waals surface area contributed by atoms with Crippen molar-refractivity contribution in [1.29, 1.82) is 0 Å². The Morgan fingerprint density at radius 2 is 2.09 bits per heavy atom. The monoisotopic (exact) mass is 444 g/mol. The Balaban J connectivity index is 1.54. The van der Waals surface area contributed by atoms with Crippen molar-refractivity contribution in [2.45, 2.75) is 68.7 Å². The summed E-state index contributed by atoms with van der Waals surface area (Å²) in [5.41, 5.74) is -0.226. The molecule has 3 N–H and O–H groups in total. The number of hydrogen-bond acceptors (Lipinski definition) is 8. The van der Waals surface area contributed by atoms with Crippen LogP contribution in [-0.2, 0) is 35.7 Å². The third kappa shape index (κ3) is 2.70. The van der Waals surface area contributed by atoms with Crippen LogP contribution < -0.4 is 4.74 Å². The molecule has 5 atom stereocenters. The topological polar surface area (TPSA) is 140 Å². The molecule has 0 amide bonds. The number of carboxylic acids is 1. The van der Waals surface area contributed by atoms with E-state index >= 15 is 0 Å². The number of ether oxygens (including phenoxy) is 3. The summed E-state index contributed by atoms with van der Waals surface area (Å²) < 4.78 is 16.6. The van der Waals surface area contributed by atoms with Crippen molar-refractivity contribution in [3.8, 4) is 11.5 Å². The fourth-order valence-corrected chi connectivity index (χ4v) is 6.25. The minimum Gasteiger partial charge on any atom is -0.504 e. The number of phenolic OH excluding ortho intramolecular Hbond substituents is 1. The summed E-state index contributed by atoms with van der Waals surface area (Å²) in [5, 5.41) is 31.5. The number of aliphatic carboxylic acids is 1. The van der Waals surface area contributed by atoms with Crippen molar-refractivity contribution in [3.63, 3.8) is 0 Å². The number of carboxylic acid groups (broad SMARTS) is 1. The number of carbonyl (C=O) groups is 3. The van der Waals surface area contributed by atoms with E-state index in [1.807, 2.05) is 6.07 Å². The molecule has 1 aromatic carbocycles. The van der Waals surface area contributed by atoms with Crippen molar-refractivity contribution in [2.24, 2.45) is 5.92 Å². The van der Waals surface area contributed by atoms with Gasteiger partial charge in [0.2, 0.25) is 6.10 Å². The normalized spacial score (nSPS) is 32.1. The van der Waals surface area contributed by atoms with Gasteiger partial charge in [0.25, 0.3) is 0 Å². The Morgan fingerprint density at radius 1 is 1.31 bits per heavy atom. The van der Waals surface area contributed by atoms with Crippen molar-refractivity contribution in [3.05, 3.63) is 35.1 Å². The molecule has 1 spiro atoms. The summed E-state index contributed by atoms with van der Waals surface area (Å²) in [6, 6.07) is 3.42. The highest BCUT2D eigenvalue weighted by Gasteiger charge is 2.70. The molecule has 1 aliphatic heterocycles. The van der Waals surface area contributed by atoms with Gasteiger partial charge in [0, 0.05) is 12.5 Å². The first-order valence-electron chi connectivity index (χ1n) is 10.7. The maximum Gasteiger partial charge on any atom is 0.353 e. The highest BCUT2D eigenvalue weighted by molar-refractivity contribution is 5.84. The third-order valence-electron chi connectivity index (χ3n) is 7.41. The van der Waals surface area contributed by atoms with Crippen LogP contribution in [-0.4, -0.2) is 51.0 Å². The number of rotatable bonds is 5. The van der Waals surface area contributed by atoms with E-state index < -0.39 is 47.6 Å². The van der Waals surface area contributed by atoms with Gasteiger partial charge < -0.3 is 29.5 Å². The van der Waals surface area contributed by atoms with Gasteiger partial charge in [-0.15, -0.1) is 0 Å². The molecule has 9 nitrogen and oxygen atoms in total. The summed E-state index contributed by atoms with van der Waals surface area (Å²) in [7, 11) is 0. The molecule has 1 heterocycles. The minimum atomic E-state index is -1.61. The van der Waals surface area contributed by atoms with Crippen LogP contribution in [0.3, 0.4) is 0 Å². The summed E-state index contributed by atoms with van der Waals surface area (Å²) >= 11 is 0. The van der Waals surface area contributed by atoms with Crippen LogP contribution >= 0.6 is 0 Å². The molecular weight excluding hydrogens is 420 g/mol. The number of esters is 2. The Hall–Kier alpha value is -3.07. The van der Waals surface area contributed by atoms with Crippen molar-refractivity contribution >= 4 is 17.9 Å². The largest absolute Gasteiger partial charge is 0.504 e. The maximum atomic E-state index is 12.8. The molecule has 2 bridgehead atoms. The van der Waals surface area contributed by atoms with E-state index in [9.17, 15) is 24.6 Å². The van der Waals surface area contributed by atoms with E-state index in [1.165, 1.54) is 0 Å². The fraction of sp³-hybridized carbons (Fsp3) is 0.522. The van der Waals surface area contributed by atoms with Gasteiger partial charge in [-0.25, -0.2) is 4.79 Å². The minimum absolute atomic E-state index is 0.000325. The molecule has 1 aromatic rings. The zero-order valence-corrected chi connectivity index (χ0v) is 17.5. The summed E-state index contributed by atoms with van der Waals surface area (Å²) in [5.74, 6) is -2.78. The van der Waals surface area contributed by atoms with Gasteiger partial charge >= 0.3 is 17.9 Å². The molecule has 0 unspecified atom stereocenters. The van der Waals surface area contributed by atoms with Gasteiger partial charge in [0.15, 0.2) is 17.6 Å². The lowest BCUT2D eigenvalue weighted by Gasteiger charge is -2.59. The van der Waals surface area contributed by atoms with Gasteiger partial charge in [-0.1, -0.05) is 12.5 Å². The molecule has 32 heavy (non-hydrogen) atoms. The molecule has 170 valence electrons. The molecule has 9 heteroatoms. The second-order valence-corrected chi connectivity index (χ2v) is 9.06. The molecule has 0 saturated heterocycles. The van der Waals surface area contributed by atoms with Crippen LogP contribution in [0.15, 0.2) is 24.0 Å². The van der Waals surface area contributed by atoms with E-state index in [4.69, 9.17) is 19.3 Å². The van der Waals surface area contributed by atoms with Gasteiger partial charge in [-0.2, -0.15) is 0 Å². The first kappa shape index (κ1) is 20.8. The predicted octanol–water partition coefficient (Wildman–Crippen LogP) is 1.72. The number of carbonyl (C=O) groups excluding carboxylic acids is 2. The van der Waals surface area contributed by atoms with Crippen molar-refractivity contribution in [2.75, 3.05) is 0 Å². The van der Waals surface area contributed by atoms with Gasteiger partial charge in [0.05, 0.1) is 17.4 Å². The van der Waals surface area contributed by atoms with Crippen molar-refractivity contribution < 1.29 is 43.9 Å². The van der Waals surface area contributed by atoms with Gasteiger partial charge in [-0.3, -0.25) is 9.59 Å². The number of phenols is 1. The highest BCUT2D eigenvalue weighted by Crippen LogP contribution is 2.67. The van der Waals surface area contributed by atoms with Crippen LogP contribution in [0, 0.1) is 5.92 Å². The standard InChI is InChI=1S/C23H24O9/c1-11(24)30-16(10-17(26)27)21(28)31-15-6-8-23(29)13-3-2-7-22(23)18-12(9-13)4-5-14(25)19(18)32-20(15)22/h4-6,13,16,20,25,29H,2-3,7-10H2,1H3,(H,26,27)/t13-,16-,20+,22+,23-/m0/s1. The SMILES string of the molecule is CC(=O)O[C@@H](CC(=O)O)C(=O)OC1=CC[C@]2(O)[C@H]3CCC[C@]24c2c(ccc(O)c2O[C@H]14)C3. The molecule has 3 aliphatic carbocycles. The summed E-state index contributed by atoms with van der Waals surface area (Å²) in [6.45, 7) is 1.08. The van der Waals surface area contributed by atoms with Crippen LogP contribution in [0.25, 0.3) is 0 Å². The Bertz CT molecular complexity index is 1040. The van der Waals surface area contributed by atoms with E-state index in [-0.39, 0.29) is 29.6 Å². The maximum absolute atomic E-state index is 12.8. The average Bonchev–Trinajstić information content (AvgIpc) is 3.05. The number of hydrogen-bond donors (Lipinski definition) is 3. The van der Waals surface area contributed by atoms with Crippen molar-refractivity contribution in [1.82, 2.24) is 0 Å². The van der Waals surface area contributed by atoms with E-state index in [0.29, 0.717) is 12.8 Å². The Kier molecular flexibility index (Phi) is 4.53. The molecule has 0 radical (unpaired) electrons. The van der Waals surface area contributed by atoms with Crippen LogP contribution in [0.5, 0.6) is 11.5 Å². The molecule has 1 fully saturated rings. The lowest BCUT2D eigenvalue weighted by molar-refractivity contribution is -0.173. The van der Waals surface area contributed by atoms with Gasteiger partial charge in [0.1, 0.15) is 5.76 Å². The Morgan fingerprint density at radius 3 is 2.81 bits per heavy atom.